The third-order valence-electron chi connectivity index (χ3n) is 4.88. The largest absolute Gasteiger partial charge is 0.325 e. The number of hydrogen-bond acceptors (Lipinski definition) is 2. The van der Waals surface area contributed by atoms with Gasteiger partial charge in [0.2, 0.25) is 5.91 Å². The summed E-state index contributed by atoms with van der Waals surface area (Å²) in [6.45, 7) is 1.96. The molecule has 0 radical (unpaired) electrons. The van der Waals surface area contributed by atoms with Gasteiger partial charge in [0.1, 0.15) is 0 Å². The van der Waals surface area contributed by atoms with Crippen molar-refractivity contribution in [1.82, 2.24) is 9.97 Å². The summed E-state index contributed by atoms with van der Waals surface area (Å²) in [5, 5.41) is 3.00. The van der Waals surface area contributed by atoms with Gasteiger partial charge >= 0.3 is 5.69 Å². The number of aromatic amines is 2. The van der Waals surface area contributed by atoms with Crippen LogP contribution in [0.1, 0.15) is 18.9 Å². The highest BCUT2D eigenvalue weighted by Crippen LogP contribution is 2.41. The number of carbonyl (C=O) groups excluding carboxylic acids is 1. The maximum Gasteiger partial charge on any atom is 0.323 e. The molecule has 5 nitrogen and oxygen atoms in total. The molecule has 1 amide bonds. The van der Waals surface area contributed by atoms with E-state index >= 15 is 0 Å². The molecule has 130 valence electrons. The smallest absolute Gasteiger partial charge is 0.323 e. The Labute approximate surface area is 150 Å². The molecule has 1 aliphatic carbocycles. The van der Waals surface area contributed by atoms with E-state index in [0.717, 1.165) is 11.1 Å². The van der Waals surface area contributed by atoms with Gasteiger partial charge in [0.05, 0.1) is 16.4 Å². The van der Waals surface area contributed by atoms with E-state index in [0.29, 0.717) is 23.1 Å². The van der Waals surface area contributed by atoms with Crippen LogP contribution in [-0.4, -0.2) is 15.9 Å². The Morgan fingerprint density at radius 3 is 2.65 bits per heavy atom. The summed E-state index contributed by atoms with van der Waals surface area (Å²) in [5.41, 5.74) is 3.14. The Kier molecular flexibility index (Phi) is 3.84. The lowest BCUT2D eigenvalue weighted by Crippen LogP contribution is -2.35. The van der Waals surface area contributed by atoms with Crippen LogP contribution in [0.25, 0.3) is 16.6 Å². The Bertz CT molecular complexity index is 1090. The van der Waals surface area contributed by atoms with Gasteiger partial charge in [0.25, 0.3) is 0 Å². The Hall–Kier alpha value is -3.34. The van der Waals surface area contributed by atoms with E-state index in [1.54, 1.807) is 18.2 Å². The quantitative estimate of drug-likeness (QED) is 0.674. The lowest BCUT2D eigenvalue weighted by molar-refractivity contribution is -0.122. The predicted molar refractivity (Wildman–Crippen MR) is 104 cm³/mol. The average molecular weight is 345 g/mol. The van der Waals surface area contributed by atoms with Gasteiger partial charge in [-0.2, -0.15) is 0 Å². The summed E-state index contributed by atoms with van der Waals surface area (Å²) in [6.07, 6.45) is 6.64. The zero-order valence-electron chi connectivity index (χ0n) is 14.4. The van der Waals surface area contributed by atoms with Gasteiger partial charge in [0.15, 0.2) is 0 Å². The summed E-state index contributed by atoms with van der Waals surface area (Å²) in [6, 6.07) is 15.3. The normalized spacial score (nSPS) is 19.3. The Morgan fingerprint density at radius 1 is 1.08 bits per heavy atom. The van der Waals surface area contributed by atoms with E-state index in [1.165, 1.54) is 0 Å². The lowest BCUT2D eigenvalue weighted by Gasteiger charge is -2.32. The number of benzene rings is 2. The molecule has 0 saturated heterocycles. The van der Waals surface area contributed by atoms with Gasteiger partial charge in [-0.15, -0.1) is 0 Å². The van der Waals surface area contributed by atoms with Gasteiger partial charge < -0.3 is 15.3 Å². The molecule has 1 aromatic heterocycles. The number of allylic oxidation sites excluding steroid dienone is 3. The molecule has 4 rings (SSSR count). The molecule has 0 saturated carbocycles. The maximum absolute atomic E-state index is 13.1. The van der Waals surface area contributed by atoms with Crippen LogP contribution in [0.3, 0.4) is 0 Å². The van der Waals surface area contributed by atoms with Crippen LogP contribution in [0.15, 0.2) is 71.6 Å². The molecule has 1 atom stereocenters. The minimum absolute atomic E-state index is 0.0748. The first kappa shape index (κ1) is 16.1. The lowest BCUT2D eigenvalue weighted by atomic mass is 9.73. The summed E-state index contributed by atoms with van der Waals surface area (Å²) >= 11 is 0. The van der Waals surface area contributed by atoms with E-state index < -0.39 is 5.41 Å². The predicted octanol–water partition coefficient (Wildman–Crippen LogP) is 3.84. The molecule has 1 aliphatic rings. The van der Waals surface area contributed by atoms with E-state index in [4.69, 9.17) is 0 Å². The summed E-state index contributed by atoms with van der Waals surface area (Å²) in [5.74, 6) is -0.0748. The van der Waals surface area contributed by atoms with Crippen molar-refractivity contribution in [3.63, 3.8) is 0 Å². The topological polar surface area (TPSA) is 77.8 Å². The number of carbonyl (C=O) groups is 1. The van der Waals surface area contributed by atoms with Crippen LogP contribution < -0.4 is 11.0 Å². The number of imidazole rings is 1. The van der Waals surface area contributed by atoms with Crippen molar-refractivity contribution in [2.45, 2.75) is 13.3 Å². The number of fused-ring (bicyclic) bond motifs is 1. The highest BCUT2D eigenvalue weighted by atomic mass is 16.2. The molecule has 1 heterocycles. The highest BCUT2D eigenvalue weighted by molar-refractivity contribution is 6.05. The Morgan fingerprint density at radius 2 is 1.85 bits per heavy atom. The van der Waals surface area contributed by atoms with Gasteiger partial charge in [0, 0.05) is 5.69 Å². The van der Waals surface area contributed by atoms with Gasteiger partial charge in [-0.05, 0) is 42.7 Å². The van der Waals surface area contributed by atoms with Crippen LogP contribution in [0.4, 0.5) is 5.69 Å². The molecule has 0 spiro atoms. The van der Waals surface area contributed by atoms with Gasteiger partial charge in [-0.3, -0.25) is 4.79 Å². The number of anilines is 1. The fourth-order valence-electron chi connectivity index (χ4n) is 3.39. The molecule has 0 aliphatic heterocycles. The maximum atomic E-state index is 13.1. The Balaban J connectivity index is 1.65. The third-order valence-corrected chi connectivity index (χ3v) is 4.88. The molecule has 26 heavy (non-hydrogen) atoms. The zero-order valence-corrected chi connectivity index (χ0v) is 14.4. The second kappa shape index (κ2) is 6.19. The van der Waals surface area contributed by atoms with Crippen molar-refractivity contribution in [3.8, 4) is 0 Å². The minimum Gasteiger partial charge on any atom is -0.325 e. The standard InChI is InChI=1S/C21H19N3O2/c1-21(12-6-5-9-16(21)14-7-3-2-4-8-14)19(25)22-15-10-11-17-18(13-15)24-20(26)23-17/h2-11,13H,12H2,1H3,(H,22,25)(H2,23,24,26). The summed E-state index contributed by atoms with van der Waals surface area (Å²) < 4.78 is 0. The number of aromatic nitrogens is 2. The fraction of sp³-hybridized carbons (Fsp3) is 0.143. The molecular weight excluding hydrogens is 326 g/mol. The summed E-state index contributed by atoms with van der Waals surface area (Å²) in [7, 11) is 0. The second-order valence-electron chi connectivity index (χ2n) is 6.70. The van der Waals surface area contributed by atoms with Crippen LogP contribution in [0.5, 0.6) is 0 Å². The van der Waals surface area contributed by atoms with Crippen LogP contribution >= 0.6 is 0 Å². The van der Waals surface area contributed by atoms with Gasteiger partial charge in [-0.1, -0.05) is 48.6 Å². The first-order valence-corrected chi connectivity index (χ1v) is 8.52. The van der Waals surface area contributed by atoms with Gasteiger partial charge in [-0.25, -0.2) is 4.79 Å². The van der Waals surface area contributed by atoms with Crippen LogP contribution in [-0.2, 0) is 4.79 Å². The molecular formula is C21H19N3O2. The number of rotatable bonds is 3. The van der Waals surface area contributed by atoms with Crippen molar-refractivity contribution in [3.05, 3.63) is 82.8 Å². The number of amides is 1. The van der Waals surface area contributed by atoms with Crippen LogP contribution in [0, 0.1) is 5.41 Å². The average Bonchev–Trinajstić information content (AvgIpc) is 3.02. The molecule has 5 heteroatoms. The number of nitrogens with one attached hydrogen (secondary N) is 3. The van der Waals surface area contributed by atoms with Crippen molar-refractivity contribution in [1.29, 1.82) is 0 Å². The number of hydrogen-bond donors (Lipinski definition) is 3. The highest BCUT2D eigenvalue weighted by Gasteiger charge is 2.37. The SMILES string of the molecule is CC1(C(=O)Nc2ccc3[nH]c(=O)[nH]c3c2)CC=CC=C1c1ccccc1. The zero-order chi connectivity index (χ0) is 18.1. The number of H-pyrrole nitrogens is 2. The molecule has 2 aromatic carbocycles. The first-order valence-electron chi connectivity index (χ1n) is 8.52. The van der Waals surface area contributed by atoms with Crippen LogP contribution in [0.2, 0.25) is 0 Å². The van der Waals surface area contributed by atoms with Crippen molar-refractivity contribution < 1.29 is 4.79 Å². The van der Waals surface area contributed by atoms with Crippen molar-refractivity contribution >= 4 is 28.2 Å². The van der Waals surface area contributed by atoms with E-state index in [-0.39, 0.29) is 11.6 Å². The summed E-state index contributed by atoms with van der Waals surface area (Å²) in [4.78, 5) is 30.0. The molecule has 3 aromatic rings. The minimum atomic E-state index is -0.670. The van der Waals surface area contributed by atoms with E-state index in [9.17, 15) is 9.59 Å². The van der Waals surface area contributed by atoms with Crippen molar-refractivity contribution in [2.24, 2.45) is 5.41 Å². The molecule has 1 unspecified atom stereocenters. The molecule has 0 fully saturated rings. The third kappa shape index (κ3) is 2.77. The monoisotopic (exact) mass is 345 g/mol. The fourth-order valence-corrected chi connectivity index (χ4v) is 3.39. The first-order chi connectivity index (χ1) is 12.6. The van der Waals surface area contributed by atoms with Crippen molar-refractivity contribution in [2.75, 3.05) is 5.32 Å². The molecule has 0 bridgehead atoms. The molecule has 3 N–H and O–H groups in total. The second-order valence-corrected chi connectivity index (χ2v) is 6.70. The van der Waals surface area contributed by atoms with E-state index in [2.05, 4.69) is 15.3 Å². The van der Waals surface area contributed by atoms with E-state index in [1.807, 2.05) is 55.5 Å².